The molecule has 3 aromatic rings. The molecule has 1 amide bonds. The smallest absolute Gasteiger partial charge is 0.253 e. The number of rotatable bonds is 3. The normalized spacial score (nSPS) is 20.7. The van der Waals surface area contributed by atoms with Crippen molar-refractivity contribution in [1.29, 1.82) is 0 Å². The van der Waals surface area contributed by atoms with Crippen molar-refractivity contribution in [2.45, 2.75) is 18.9 Å². The Kier molecular flexibility index (Phi) is 3.29. The van der Waals surface area contributed by atoms with Crippen molar-refractivity contribution in [1.82, 2.24) is 19.9 Å². The number of hydrogen-bond donors (Lipinski definition) is 1. The number of carbonyl (C=O) groups is 1. The van der Waals surface area contributed by atoms with Crippen LogP contribution in [0.3, 0.4) is 0 Å². The molecule has 5 rings (SSSR count). The Bertz CT molecular complexity index is 963. The molecule has 1 atom stereocenters. The fourth-order valence-electron chi connectivity index (χ4n) is 4.34. The minimum atomic E-state index is 0.127. The molecule has 1 spiro atoms. The van der Waals surface area contributed by atoms with Gasteiger partial charge in [-0.25, -0.2) is 9.97 Å². The van der Waals surface area contributed by atoms with Crippen LogP contribution in [0.2, 0.25) is 0 Å². The summed E-state index contributed by atoms with van der Waals surface area (Å²) in [5, 5.41) is 1.03. The Morgan fingerprint density at radius 3 is 2.81 bits per heavy atom. The second-order valence-electron chi connectivity index (χ2n) is 7.48. The summed E-state index contributed by atoms with van der Waals surface area (Å²) in [5.74, 6) is 1.06. The molecule has 3 heterocycles. The van der Waals surface area contributed by atoms with E-state index in [0.29, 0.717) is 0 Å². The summed E-state index contributed by atoms with van der Waals surface area (Å²) in [6.07, 6.45) is 5.83. The highest BCUT2D eigenvalue weighted by atomic mass is 16.2. The minimum Gasteiger partial charge on any atom is -0.354 e. The highest BCUT2D eigenvalue weighted by Gasteiger charge is 2.57. The molecule has 1 saturated heterocycles. The van der Waals surface area contributed by atoms with E-state index in [-0.39, 0.29) is 17.4 Å². The molecule has 6 nitrogen and oxygen atoms in total. The largest absolute Gasteiger partial charge is 0.354 e. The maximum absolute atomic E-state index is 12.9. The first-order valence-electron chi connectivity index (χ1n) is 9.03. The summed E-state index contributed by atoms with van der Waals surface area (Å²) in [7, 11) is 2.09. The van der Waals surface area contributed by atoms with E-state index in [4.69, 9.17) is 0 Å². The van der Waals surface area contributed by atoms with Gasteiger partial charge in [0.25, 0.3) is 5.91 Å². The van der Waals surface area contributed by atoms with Gasteiger partial charge in [0.05, 0.1) is 11.4 Å². The average Bonchev–Trinajstić information content (AvgIpc) is 3.12. The SMILES string of the molecule is CN(c1ncnc2[nH]ccc12)[C@H]1CN(C(=O)c2ccccc2)CC12CC2. The van der Waals surface area contributed by atoms with Gasteiger partial charge in [-0.3, -0.25) is 4.79 Å². The molecule has 2 aliphatic rings. The summed E-state index contributed by atoms with van der Waals surface area (Å²) < 4.78 is 0. The maximum Gasteiger partial charge on any atom is 0.253 e. The molecule has 2 fully saturated rings. The van der Waals surface area contributed by atoms with Crippen LogP contribution in [0.15, 0.2) is 48.9 Å². The molecule has 1 aromatic carbocycles. The highest BCUT2D eigenvalue weighted by molar-refractivity contribution is 5.94. The number of aromatic amines is 1. The van der Waals surface area contributed by atoms with Crippen molar-refractivity contribution >= 4 is 22.8 Å². The van der Waals surface area contributed by atoms with E-state index in [1.54, 1.807) is 6.33 Å². The Balaban J connectivity index is 1.44. The first kappa shape index (κ1) is 15.4. The lowest BCUT2D eigenvalue weighted by molar-refractivity contribution is 0.0784. The van der Waals surface area contributed by atoms with Gasteiger partial charge < -0.3 is 14.8 Å². The van der Waals surface area contributed by atoms with Gasteiger partial charge in [0.2, 0.25) is 0 Å². The molecule has 0 bridgehead atoms. The second-order valence-corrected chi connectivity index (χ2v) is 7.48. The lowest BCUT2D eigenvalue weighted by Gasteiger charge is -2.30. The van der Waals surface area contributed by atoms with Crippen LogP contribution in [-0.2, 0) is 0 Å². The number of amides is 1. The first-order chi connectivity index (χ1) is 12.7. The third kappa shape index (κ3) is 2.29. The van der Waals surface area contributed by atoms with Crippen molar-refractivity contribution in [3.05, 3.63) is 54.5 Å². The predicted molar refractivity (Wildman–Crippen MR) is 100 cm³/mol. The first-order valence-corrected chi connectivity index (χ1v) is 9.03. The Morgan fingerprint density at radius 1 is 1.23 bits per heavy atom. The third-order valence-corrected chi connectivity index (χ3v) is 5.94. The van der Waals surface area contributed by atoms with E-state index >= 15 is 0 Å². The molecule has 132 valence electrons. The van der Waals surface area contributed by atoms with Crippen molar-refractivity contribution in [2.24, 2.45) is 5.41 Å². The molecule has 1 aliphatic heterocycles. The van der Waals surface area contributed by atoms with E-state index in [1.165, 1.54) is 12.8 Å². The van der Waals surface area contributed by atoms with Crippen LogP contribution in [0.25, 0.3) is 11.0 Å². The topological polar surface area (TPSA) is 65.1 Å². The number of fused-ring (bicyclic) bond motifs is 1. The van der Waals surface area contributed by atoms with Crippen LogP contribution in [0.4, 0.5) is 5.82 Å². The molecule has 1 N–H and O–H groups in total. The van der Waals surface area contributed by atoms with Crippen LogP contribution in [0.5, 0.6) is 0 Å². The van der Waals surface area contributed by atoms with Gasteiger partial charge in [-0.1, -0.05) is 18.2 Å². The molecule has 1 aliphatic carbocycles. The lowest BCUT2D eigenvalue weighted by Crippen LogP contribution is -2.40. The molecule has 0 unspecified atom stereocenters. The maximum atomic E-state index is 12.9. The number of likely N-dealkylation sites (tertiary alicyclic amines) is 1. The molecule has 1 saturated carbocycles. The quantitative estimate of drug-likeness (QED) is 0.791. The van der Waals surface area contributed by atoms with Crippen molar-refractivity contribution in [2.75, 3.05) is 25.0 Å². The fourth-order valence-corrected chi connectivity index (χ4v) is 4.34. The number of aromatic nitrogens is 3. The number of hydrogen-bond acceptors (Lipinski definition) is 4. The zero-order valence-electron chi connectivity index (χ0n) is 14.7. The Morgan fingerprint density at radius 2 is 2.04 bits per heavy atom. The van der Waals surface area contributed by atoms with Gasteiger partial charge in [0, 0.05) is 37.3 Å². The third-order valence-electron chi connectivity index (χ3n) is 5.94. The summed E-state index contributed by atoms with van der Waals surface area (Å²) in [6.45, 7) is 1.57. The van der Waals surface area contributed by atoms with Gasteiger partial charge >= 0.3 is 0 Å². The Labute approximate surface area is 151 Å². The number of likely N-dealkylation sites (N-methyl/N-ethyl adjacent to an activating group) is 1. The second kappa shape index (κ2) is 5.56. The van der Waals surface area contributed by atoms with E-state index in [2.05, 4.69) is 26.9 Å². The van der Waals surface area contributed by atoms with Gasteiger partial charge in [-0.15, -0.1) is 0 Å². The number of nitrogens with one attached hydrogen (secondary N) is 1. The van der Waals surface area contributed by atoms with Crippen LogP contribution < -0.4 is 4.90 Å². The van der Waals surface area contributed by atoms with E-state index in [0.717, 1.165) is 35.5 Å². The molecular weight excluding hydrogens is 326 g/mol. The van der Waals surface area contributed by atoms with Crippen LogP contribution in [0.1, 0.15) is 23.2 Å². The number of H-pyrrole nitrogens is 1. The molecule has 6 heteroatoms. The lowest BCUT2D eigenvalue weighted by atomic mass is 9.99. The van der Waals surface area contributed by atoms with E-state index in [1.807, 2.05) is 47.5 Å². The fraction of sp³-hybridized carbons (Fsp3) is 0.350. The van der Waals surface area contributed by atoms with Crippen LogP contribution >= 0.6 is 0 Å². The number of carbonyl (C=O) groups excluding carboxylic acids is 1. The van der Waals surface area contributed by atoms with Crippen molar-refractivity contribution < 1.29 is 4.79 Å². The summed E-state index contributed by atoms with van der Waals surface area (Å²) in [4.78, 5) is 29.2. The summed E-state index contributed by atoms with van der Waals surface area (Å²) >= 11 is 0. The monoisotopic (exact) mass is 347 g/mol. The predicted octanol–water partition coefficient (Wildman–Crippen LogP) is 2.70. The van der Waals surface area contributed by atoms with E-state index < -0.39 is 0 Å². The minimum absolute atomic E-state index is 0.127. The zero-order valence-corrected chi connectivity index (χ0v) is 14.7. The van der Waals surface area contributed by atoms with Crippen LogP contribution in [0, 0.1) is 5.41 Å². The molecular formula is C20H21N5O. The number of anilines is 1. The number of benzene rings is 1. The van der Waals surface area contributed by atoms with Crippen molar-refractivity contribution in [3.8, 4) is 0 Å². The zero-order chi connectivity index (χ0) is 17.7. The van der Waals surface area contributed by atoms with Crippen molar-refractivity contribution in [3.63, 3.8) is 0 Å². The molecule has 2 aromatic heterocycles. The van der Waals surface area contributed by atoms with E-state index in [9.17, 15) is 4.79 Å². The van der Waals surface area contributed by atoms with Gasteiger partial charge in [-0.05, 0) is 31.0 Å². The molecule has 26 heavy (non-hydrogen) atoms. The standard InChI is InChI=1S/C20H21N5O/c1-24(18-15-7-10-21-17(15)22-13-23-18)16-11-25(12-20(16)8-9-20)19(26)14-5-3-2-4-6-14/h2-7,10,13,16H,8-9,11-12H2,1H3,(H,21,22,23)/t16-/m0/s1. The van der Waals surface area contributed by atoms with Gasteiger partial charge in [0.1, 0.15) is 17.8 Å². The van der Waals surface area contributed by atoms with Crippen LogP contribution in [-0.4, -0.2) is 51.9 Å². The van der Waals surface area contributed by atoms with Gasteiger partial charge in [0.15, 0.2) is 0 Å². The molecule has 0 radical (unpaired) electrons. The summed E-state index contributed by atoms with van der Waals surface area (Å²) in [6, 6.07) is 11.9. The van der Waals surface area contributed by atoms with Gasteiger partial charge in [-0.2, -0.15) is 0 Å². The summed E-state index contributed by atoms with van der Waals surface area (Å²) in [5.41, 5.74) is 1.82. The Hall–Kier alpha value is -2.89. The average molecular weight is 347 g/mol. The highest BCUT2D eigenvalue weighted by Crippen LogP contribution is 2.55. The number of nitrogens with zero attached hydrogens (tertiary/aromatic N) is 4.